The van der Waals surface area contributed by atoms with Gasteiger partial charge in [-0.3, -0.25) is 19.2 Å². The maximum absolute atomic E-state index is 11.8. The minimum Gasteiger partial charge on any atom is -1.00 e. The zero-order valence-corrected chi connectivity index (χ0v) is 63.9. The van der Waals surface area contributed by atoms with Crippen molar-refractivity contribution < 1.29 is 120 Å². The van der Waals surface area contributed by atoms with E-state index in [-0.39, 0.29) is 103 Å². The van der Waals surface area contributed by atoms with Gasteiger partial charge >= 0.3 is 53.4 Å². The maximum Gasteiger partial charge on any atom is 1.00 e. The maximum atomic E-state index is 11.8. The smallest absolute Gasteiger partial charge is 1.00 e. The third-order valence-corrected chi connectivity index (χ3v) is 25.4. The van der Waals surface area contributed by atoms with Crippen LogP contribution >= 0.6 is 20.9 Å². The molecule has 10 atom stereocenters. The van der Waals surface area contributed by atoms with Gasteiger partial charge < -0.3 is 54.5 Å². The molecule has 0 N–H and O–H groups in total. The van der Waals surface area contributed by atoms with Crippen molar-refractivity contribution in [1.29, 1.82) is 0 Å². The Morgan fingerprint density at radius 1 is 0.469 bits per heavy atom. The van der Waals surface area contributed by atoms with E-state index in [9.17, 15) is 45.1 Å². The second-order valence-electron chi connectivity index (χ2n) is 27.0. The summed E-state index contributed by atoms with van der Waals surface area (Å²) in [7, 11) is -9.37. The molecule has 4 aliphatic heterocycles. The molecule has 0 amide bonds. The van der Waals surface area contributed by atoms with Crippen molar-refractivity contribution in [3.8, 4) is 21.3 Å². The van der Waals surface area contributed by atoms with Crippen molar-refractivity contribution in [3.05, 3.63) is 144 Å². The van der Waals surface area contributed by atoms with Crippen LogP contribution in [0.5, 0.6) is 11.5 Å². The number of halogens is 1. The predicted octanol–water partition coefficient (Wildman–Crippen LogP) is 10.2. The van der Waals surface area contributed by atoms with Crippen molar-refractivity contribution in [2.24, 2.45) is 35.5 Å². The summed E-state index contributed by atoms with van der Waals surface area (Å²) in [6.07, 6.45) is 13.5. The largest absolute Gasteiger partial charge is 1.00 e. The van der Waals surface area contributed by atoms with Crippen molar-refractivity contribution in [3.63, 3.8) is 0 Å². The molecule has 8 aliphatic rings. The Kier molecular flexibility index (Phi) is 26.6. The summed E-state index contributed by atoms with van der Waals surface area (Å²) >= 11 is 0. The number of hydrogen-bond donors (Lipinski definition) is 0. The standard InChI is InChI=1S/2C26H29OS.2C12H16O7S.BrH.Na/c2*1-4-5-6-11-16-27-26-19(2)17-21(18-20(26)3)28-24-14-9-7-12-22(24)23-13-8-10-15-25(23)28;2*13-10(5-20(15,16)17)19-11-7-1-6-2-8(4-7)12(14)18-9(11)3-6;;/h2*7-10,12-15,17-18H,4-6,11,16H2,1-3H3;2*6-9,11H,1-5H2,(H,15,16,17);1H;/q2*+1;;;;+1/p-3. The van der Waals surface area contributed by atoms with Gasteiger partial charge in [-0.25, -0.2) is 16.8 Å². The van der Waals surface area contributed by atoms with Crippen LogP contribution in [0.25, 0.3) is 50.1 Å². The zero-order chi connectivity index (χ0) is 68.0. The molecule has 6 heterocycles. The van der Waals surface area contributed by atoms with Crippen LogP contribution in [0, 0.1) is 63.2 Å². The molecule has 8 bridgehead atoms. The monoisotopic (exact) mass is 1490 g/mol. The fourth-order valence-electron chi connectivity index (χ4n) is 15.7. The van der Waals surface area contributed by atoms with Crippen molar-refractivity contribution in [2.75, 3.05) is 24.7 Å². The average molecular weight is 1490 g/mol. The van der Waals surface area contributed by atoms with E-state index >= 15 is 0 Å². The van der Waals surface area contributed by atoms with E-state index in [2.05, 4.69) is 163 Å². The first-order chi connectivity index (χ1) is 46.0. The van der Waals surface area contributed by atoms with Crippen LogP contribution in [-0.4, -0.2) is 99.0 Å². The van der Waals surface area contributed by atoms with Gasteiger partial charge in [0, 0.05) is 78.6 Å². The summed E-state index contributed by atoms with van der Waals surface area (Å²) in [5.74, 6) is -2.30. The molecule has 0 radical (unpaired) electrons. The van der Waals surface area contributed by atoms with Crippen LogP contribution in [0.3, 0.4) is 0 Å². The Morgan fingerprint density at radius 3 is 1.09 bits per heavy atom. The summed E-state index contributed by atoms with van der Waals surface area (Å²) in [5, 5.41) is 5.53. The van der Waals surface area contributed by atoms with Crippen LogP contribution in [-0.2, 0) is 58.4 Å². The zero-order valence-electron chi connectivity index (χ0n) is 57.0. The molecule has 4 aliphatic carbocycles. The number of ether oxygens (including phenoxy) is 6. The third-order valence-electron chi connectivity index (χ3n) is 19.6. The number of esters is 4. The topological polar surface area (TPSA) is 238 Å². The van der Waals surface area contributed by atoms with E-state index in [0.29, 0.717) is 37.5 Å². The van der Waals surface area contributed by atoms with Gasteiger partial charge in [0.25, 0.3) is 0 Å². The summed E-state index contributed by atoms with van der Waals surface area (Å²) in [4.78, 5) is 49.4. The Bertz CT molecular complexity index is 3970. The molecular formula is C76H88BrNaO16S4. The molecule has 2 aromatic heterocycles. The van der Waals surface area contributed by atoms with Crippen molar-refractivity contribution >= 4 is 105 Å². The molecular weight excluding hydrogens is 1400 g/mol. The van der Waals surface area contributed by atoms with E-state index in [4.69, 9.17) is 28.4 Å². The van der Waals surface area contributed by atoms with Crippen LogP contribution in [0.1, 0.15) is 139 Å². The SMILES string of the molecule is CCCCCCOc1c(C)cc(-[s+]2c3ccccc3c3ccccc32)cc1C.CCCCCCOc1c(C)cc(-[s+]2c3ccccc3c3ccccc32)cc1C.O=C(CS(=O)(=O)[O-])OC1C2CC3CC(C2)C(=O)OC1C3.O=C(CS(=O)(=O)[O-])OC1C2CC3CC(C2)C(=O)OC1C3.[Br-].[Na+]. The Labute approximate surface area is 614 Å². The molecule has 4 saturated heterocycles. The summed E-state index contributed by atoms with van der Waals surface area (Å²) in [6.45, 7) is 14.9. The van der Waals surface area contributed by atoms with Crippen LogP contribution in [0.2, 0.25) is 0 Å². The van der Waals surface area contributed by atoms with E-state index in [0.717, 1.165) is 63.2 Å². The van der Waals surface area contributed by atoms with Crippen LogP contribution < -0.4 is 56.0 Å². The third kappa shape index (κ3) is 18.4. The molecule has 16 nitrogen and oxygen atoms in total. The molecule has 6 aromatic carbocycles. The first-order valence-electron chi connectivity index (χ1n) is 34.0. The van der Waals surface area contributed by atoms with Gasteiger partial charge in [-0.05, 0) is 175 Å². The number of thiophene rings is 2. The first-order valence-corrected chi connectivity index (χ1v) is 39.7. The molecule has 4 saturated carbocycles. The molecule has 520 valence electrons. The van der Waals surface area contributed by atoms with Crippen molar-refractivity contribution in [2.45, 2.75) is 169 Å². The first kappa shape index (κ1) is 76.7. The second-order valence-corrected chi connectivity index (χ2v) is 33.7. The number of carbonyl (C=O) groups excluding carboxylic acids is 4. The average Bonchev–Trinajstić information content (AvgIpc) is 1.61. The van der Waals surface area contributed by atoms with E-state index in [1.54, 1.807) is 0 Å². The van der Waals surface area contributed by atoms with E-state index in [1.807, 2.05) is 0 Å². The van der Waals surface area contributed by atoms with Crippen LogP contribution in [0.4, 0.5) is 0 Å². The molecule has 10 unspecified atom stereocenters. The quantitative estimate of drug-likeness (QED) is 0.0172. The molecule has 8 fully saturated rings. The van der Waals surface area contributed by atoms with Gasteiger partial charge in [0.05, 0.1) is 25.0 Å². The van der Waals surface area contributed by atoms with E-state index in [1.165, 1.54) is 111 Å². The fraction of sp³-hybridized carbons (Fsp3) is 0.474. The van der Waals surface area contributed by atoms with Gasteiger partial charge in [-0.15, -0.1) is 0 Å². The Morgan fingerprint density at radius 2 is 0.786 bits per heavy atom. The summed E-state index contributed by atoms with van der Waals surface area (Å²) in [6, 6.07) is 44.8. The number of fused-ring (bicyclic) bond motifs is 8. The molecule has 98 heavy (non-hydrogen) atoms. The number of carbonyl (C=O) groups is 4. The van der Waals surface area contributed by atoms with Gasteiger partial charge in [0.15, 0.2) is 28.6 Å². The number of rotatable bonds is 20. The van der Waals surface area contributed by atoms with E-state index < -0.39 is 68.1 Å². The number of unbranched alkanes of at least 4 members (excludes halogenated alkanes) is 6. The Balaban J connectivity index is 0.000000154. The van der Waals surface area contributed by atoms with Gasteiger partial charge in [0.2, 0.25) is 0 Å². The number of hydrogen-bond acceptors (Lipinski definition) is 16. The molecule has 8 aromatic rings. The molecule has 22 heteroatoms. The van der Waals surface area contributed by atoms with Gasteiger partial charge in [-0.2, -0.15) is 0 Å². The Hall–Kier alpha value is -5.46. The minimum absolute atomic E-state index is 0. The van der Waals surface area contributed by atoms with Crippen molar-refractivity contribution in [1.82, 2.24) is 0 Å². The number of benzene rings is 6. The molecule has 0 spiro atoms. The van der Waals surface area contributed by atoms with Crippen LogP contribution in [0.15, 0.2) is 121 Å². The van der Waals surface area contributed by atoms with Gasteiger partial charge in [0.1, 0.15) is 67.7 Å². The summed E-state index contributed by atoms with van der Waals surface area (Å²) < 4.78 is 102. The summed E-state index contributed by atoms with van der Waals surface area (Å²) in [5.41, 5.74) is 5.00. The second kappa shape index (κ2) is 34.0. The predicted molar refractivity (Wildman–Crippen MR) is 375 cm³/mol. The molecule has 16 rings (SSSR count). The number of aryl methyl sites for hydroxylation is 4. The minimum atomic E-state index is -4.65. The van der Waals surface area contributed by atoms with Gasteiger partial charge in [-0.1, -0.05) is 101 Å². The normalized spacial score (nSPS) is 22.5. The fourth-order valence-corrected chi connectivity index (χ4v) is 21.5.